The highest BCUT2D eigenvalue weighted by atomic mass is 32.1. The van der Waals surface area contributed by atoms with Crippen LogP contribution in [-0.4, -0.2) is 27.2 Å². The molecule has 198 valence electrons. The zero-order chi connectivity index (χ0) is 27.6. The fourth-order valence-corrected chi connectivity index (χ4v) is 5.97. The van der Waals surface area contributed by atoms with Gasteiger partial charge in [-0.05, 0) is 48.9 Å². The van der Waals surface area contributed by atoms with E-state index in [1.54, 1.807) is 16.2 Å². The normalized spacial score (nSPS) is 11.9. The first-order valence-corrected chi connectivity index (χ1v) is 14.0. The van der Waals surface area contributed by atoms with Crippen LogP contribution in [0.2, 0.25) is 0 Å². The first-order chi connectivity index (χ1) is 19.5. The second-order valence-electron chi connectivity index (χ2n) is 9.85. The molecule has 0 aliphatic rings. The van der Waals surface area contributed by atoms with Crippen LogP contribution in [0.15, 0.2) is 109 Å². The lowest BCUT2D eigenvalue weighted by Gasteiger charge is -2.30. The molecule has 2 amide bonds. The van der Waals surface area contributed by atoms with Crippen molar-refractivity contribution in [2.24, 2.45) is 0 Å². The van der Waals surface area contributed by atoms with Crippen LogP contribution in [0.3, 0.4) is 0 Å². The van der Waals surface area contributed by atoms with Gasteiger partial charge < -0.3 is 5.32 Å². The molecule has 0 saturated heterocycles. The molecule has 40 heavy (non-hydrogen) atoms. The van der Waals surface area contributed by atoms with E-state index in [-0.39, 0.29) is 11.8 Å². The van der Waals surface area contributed by atoms with Crippen molar-refractivity contribution in [3.63, 3.8) is 0 Å². The molecule has 7 heteroatoms. The Kier molecular flexibility index (Phi) is 6.88. The summed E-state index contributed by atoms with van der Waals surface area (Å²) in [4.78, 5) is 34.0. The number of nitrogens with zero attached hydrogens (tertiary/aromatic N) is 3. The largest absolute Gasteiger partial charge is 0.324 e. The molecular formula is C33H28N4O2S. The van der Waals surface area contributed by atoms with Gasteiger partial charge in [0.25, 0.3) is 0 Å². The minimum atomic E-state index is -0.726. The molecule has 0 radical (unpaired) electrons. The minimum absolute atomic E-state index is 0.192. The predicted octanol–water partition coefficient (Wildman–Crippen LogP) is 7.13. The zero-order valence-corrected chi connectivity index (χ0v) is 23.1. The van der Waals surface area contributed by atoms with E-state index in [1.165, 1.54) is 11.6 Å². The topological polar surface area (TPSA) is 66.7 Å². The highest BCUT2D eigenvalue weighted by Gasteiger charge is 2.30. The molecule has 0 aliphatic carbocycles. The van der Waals surface area contributed by atoms with Crippen LogP contribution in [0.4, 0.5) is 11.4 Å². The Morgan fingerprint density at radius 1 is 0.900 bits per heavy atom. The van der Waals surface area contributed by atoms with Gasteiger partial charge in [-0.2, -0.15) is 0 Å². The van der Waals surface area contributed by atoms with Crippen molar-refractivity contribution in [2.75, 3.05) is 10.2 Å². The van der Waals surface area contributed by atoms with E-state index in [0.717, 1.165) is 32.9 Å². The number of thiazole rings is 1. The fourth-order valence-electron chi connectivity index (χ4n) is 4.96. The first-order valence-electron chi connectivity index (χ1n) is 13.1. The summed E-state index contributed by atoms with van der Waals surface area (Å²) in [5.74, 6) is -0.441. The van der Waals surface area contributed by atoms with Gasteiger partial charge in [-0.3, -0.25) is 18.9 Å². The molecular weight excluding hydrogens is 516 g/mol. The van der Waals surface area contributed by atoms with Gasteiger partial charge >= 0.3 is 0 Å². The molecule has 6 aromatic rings. The third kappa shape index (κ3) is 5.11. The molecule has 2 aromatic heterocycles. The van der Waals surface area contributed by atoms with Crippen molar-refractivity contribution in [3.05, 3.63) is 120 Å². The van der Waals surface area contributed by atoms with Gasteiger partial charge in [0.1, 0.15) is 6.04 Å². The van der Waals surface area contributed by atoms with E-state index in [4.69, 9.17) is 4.98 Å². The van der Waals surface area contributed by atoms with E-state index >= 15 is 0 Å². The fraction of sp³-hybridized carbons (Fsp3) is 0.121. The average molecular weight is 545 g/mol. The van der Waals surface area contributed by atoms with Crippen LogP contribution in [0.25, 0.3) is 26.4 Å². The third-order valence-corrected chi connectivity index (χ3v) is 8.02. The van der Waals surface area contributed by atoms with Crippen molar-refractivity contribution >= 4 is 49.7 Å². The van der Waals surface area contributed by atoms with Gasteiger partial charge in [0.2, 0.25) is 11.8 Å². The van der Waals surface area contributed by atoms with E-state index in [0.29, 0.717) is 17.8 Å². The molecule has 1 atom stereocenters. The Morgan fingerprint density at radius 3 is 2.33 bits per heavy atom. The number of hydrogen-bond donors (Lipinski definition) is 1. The molecule has 0 saturated carbocycles. The van der Waals surface area contributed by atoms with Crippen molar-refractivity contribution in [1.29, 1.82) is 0 Å². The molecule has 1 N–H and O–H groups in total. The lowest BCUT2D eigenvalue weighted by atomic mass is 10.0. The number of nitrogens with one attached hydrogen (secondary N) is 1. The van der Waals surface area contributed by atoms with Crippen molar-refractivity contribution in [2.45, 2.75) is 26.3 Å². The number of rotatable bonds is 7. The number of aromatic nitrogens is 2. The number of carbonyl (C=O) groups is 2. The Morgan fingerprint density at radius 2 is 1.60 bits per heavy atom. The molecule has 1 unspecified atom stereocenters. The van der Waals surface area contributed by atoms with Crippen LogP contribution in [0, 0.1) is 6.92 Å². The first kappa shape index (κ1) is 25.5. The Balaban J connectivity index is 1.26. The quantitative estimate of drug-likeness (QED) is 0.233. The number of aryl methyl sites for hydroxylation is 1. The summed E-state index contributed by atoms with van der Waals surface area (Å²) in [6.07, 6.45) is 2.43. The second kappa shape index (κ2) is 10.8. The predicted molar refractivity (Wildman–Crippen MR) is 163 cm³/mol. The van der Waals surface area contributed by atoms with Crippen LogP contribution in [0.5, 0.6) is 0 Å². The number of carbonyl (C=O) groups excluding carboxylic acids is 2. The number of anilines is 2. The third-order valence-electron chi connectivity index (χ3n) is 6.99. The zero-order valence-electron chi connectivity index (χ0n) is 22.2. The highest BCUT2D eigenvalue weighted by molar-refractivity contribution is 7.23. The van der Waals surface area contributed by atoms with E-state index < -0.39 is 6.04 Å². The number of para-hydroxylation sites is 1. The van der Waals surface area contributed by atoms with Gasteiger partial charge in [0.15, 0.2) is 4.96 Å². The van der Waals surface area contributed by atoms with Gasteiger partial charge in [-0.1, -0.05) is 83.6 Å². The molecule has 6 nitrogen and oxygen atoms in total. The maximum absolute atomic E-state index is 13.7. The summed E-state index contributed by atoms with van der Waals surface area (Å²) in [6, 6.07) is 32.6. The smallest absolute Gasteiger partial charge is 0.247 e. The Bertz CT molecular complexity index is 1810. The molecule has 4 aromatic carbocycles. The second-order valence-corrected chi connectivity index (χ2v) is 10.9. The van der Waals surface area contributed by atoms with Gasteiger partial charge in [0, 0.05) is 36.5 Å². The summed E-state index contributed by atoms with van der Waals surface area (Å²) in [5, 5.41) is 3.05. The van der Waals surface area contributed by atoms with E-state index in [1.807, 2.05) is 104 Å². The maximum atomic E-state index is 13.7. The van der Waals surface area contributed by atoms with Crippen LogP contribution < -0.4 is 10.2 Å². The highest BCUT2D eigenvalue weighted by Crippen LogP contribution is 2.30. The molecule has 0 aliphatic heterocycles. The lowest BCUT2D eigenvalue weighted by molar-refractivity contribution is -0.122. The summed E-state index contributed by atoms with van der Waals surface area (Å²) >= 11 is 1.66. The standard InChI is InChI=1S/C33H28N4O2S/c1-22-12-18-27(19-13-22)37(23(2)38)30(20-24-8-4-3-5-9-24)32(39)34-26-16-14-25(15-17-26)28-21-36-29-10-6-7-11-31(29)40-33(36)35-28/h3-19,21,30H,20H2,1-2H3,(H,34,39). The van der Waals surface area contributed by atoms with Crippen molar-refractivity contribution < 1.29 is 9.59 Å². The molecule has 2 heterocycles. The monoisotopic (exact) mass is 544 g/mol. The minimum Gasteiger partial charge on any atom is -0.324 e. The molecule has 0 spiro atoms. The van der Waals surface area contributed by atoms with Gasteiger partial charge in [-0.25, -0.2) is 4.98 Å². The van der Waals surface area contributed by atoms with E-state index in [2.05, 4.69) is 21.9 Å². The van der Waals surface area contributed by atoms with Crippen LogP contribution >= 0.6 is 11.3 Å². The molecule has 6 rings (SSSR count). The summed E-state index contributed by atoms with van der Waals surface area (Å²) in [7, 11) is 0. The average Bonchev–Trinajstić information content (AvgIpc) is 3.53. The number of amides is 2. The van der Waals surface area contributed by atoms with Crippen molar-refractivity contribution in [3.8, 4) is 11.3 Å². The van der Waals surface area contributed by atoms with Gasteiger partial charge in [0.05, 0.1) is 15.9 Å². The van der Waals surface area contributed by atoms with Crippen LogP contribution in [-0.2, 0) is 16.0 Å². The van der Waals surface area contributed by atoms with Crippen LogP contribution in [0.1, 0.15) is 18.1 Å². The number of imidazole rings is 1. The van der Waals surface area contributed by atoms with E-state index in [9.17, 15) is 9.59 Å². The Labute approximate surface area is 236 Å². The maximum Gasteiger partial charge on any atom is 0.247 e. The van der Waals surface area contributed by atoms with Gasteiger partial charge in [-0.15, -0.1) is 0 Å². The molecule has 0 bridgehead atoms. The summed E-state index contributed by atoms with van der Waals surface area (Å²) < 4.78 is 3.31. The molecule has 0 fully saturated rings. The summed E-state index contributed by atoms with van der Waals surface area (Å²) in [6.45, 7) is 3.49. The van der Waals surface area contributed by atoms with Crippen molar-refractivity contribution in [1.82, 2.24) is 9.38 Å². The number of hydrogen-bond acceptors (Lipinski definition) is 4. The lowest BCUT2D eigenvalue weighted by Crippen LogP contribution is -2.48. The Hall–Kier alpha value is -4.75. The number of fused-ring (bicyclic) bond motifs is 3. The summed E-state index contributed by atoms with van der Waals surface area (Å²) in [5.41, 5.74) is 6.38. The number of benzene rings is 4. The SMILES string of the molecule is CC(=O)N(c1ccc(C)cc1)C(Cc1ccccc1)C(=O)Nc1ccc(-c2cn3c(n2)sc2ccccc23)cc1.